The van der Waals surface area contributed by atoms with Gasteiger partial charge in [0.2, 0.25) is 0 Å². The topological polar surface area (TPSA) is 12.0 Å². The Kier molecular flexibility index (Phi) is 15.4. The molecule has 60 heavy (non-hydrogen) atoms. The SMILES string of the molecule is CCCCCCCCCc1ccc2c(-c3ccc(Nc4cccc(-c5ccc6c(c5)CC6)c4)cc3)c(CCCCCCCC)cc(-c3ccc(C(C)(CC)CC)cc3)c2c1. The third kappa shape index (κ3) is 10.6. The number of fused-ring (bicyclic) bond motifs is 2. The summed E-state index contributed by atoms with van der Waals surface area (Å²) in [5, 5.41) is 6.53. The lowest BCUT2D eigenvalue weighted by molar-refractivity contribution is 0.439. The number of nitrogens with one attached hydrogen (secondary N) is 1. The van der Waals surface area contributed by atoms with E-state index in [0.29, 0.717) is 0 Å². The highest BCUT2D eigenvalue weighted by atomic mass is 14.9. The van der Waals surface area contributed by atoms with E-state index in [-0.39, 0.29) is 5.41 Å². The van der Waals surface area contributed by atoms with Crippen molar-refractivity contribution < 1.29 is 0 Å². The van der Waals surface area contributed by atoms with Crippen molar-refractivity contribution in [2.75, 3.05) is 5.32 Å². The number of hydrogen-bond donors (Lipinski definition) is 1. The van der Waals surface area contributed by atoms with E-state index in [1.807, 2.05) is 0 Å². The van der Waals surface area contributed by atoms with E-state index < -0.39 is 0 Å². The van der Waals surface area contributed by atoms with E-state index in [9.17, 15) is 0 Å². The monoisotopic (exact) mass is 796 g/mol. The highest BCUT2D eigenvalue weighted by Gasteiger charge is 2.23. The van der Waals surface area contributed by atoms with Gasteiger partial charge in [-0.3, -0.25) is 0 Å². The molecule has 1 N–H and O–H groups in total. The van der Waals surface area contributed by atoms with Crippen LogP contribution in [0.25, 0.3) is 44.2 Å². The summed E-state index contributed by atoms with van der Waals surface area (Å²) in [6, 6.07) is 44.9. The van der Waals surface area contributed by atoms with Gasteiger partial charge in [-0.1, -0.05) is 190 Å². The molecule has 6 aromatic carbocycles. The molecule has 0 amide bonds. The number of benzene rings is 6. The van der Waals surface area contributed by atoms with E-state index in [4.69, 9.17) is 0 Å². The molecule has 0 aromatic heterocycles. The first-order valence-electron chi connectivity index (χ1n) is 24.2. The molecule has 7 rings (SSSR count). The maximum absolute atomic E-state index is 3.74. The zero-order valence-corrected chi connectivity index (χ0v) is 37.9. The number of rotatable bonds is 23. The van der Waals surface area contributed by atoms with Gasteiger partial charge in [0.1, 0.15) is 0 Å². The first kappa shape index (κ1) is 43.5. The fourth-order valence-corrected chi connectivity index (χ4v) is 9.59. The first-order chi connectivity index (χ1) is 29.4. The number of hydrogen-bond acceptors (Lipinski definition) is 1. The van der Waals surface area contributed by atoms with Crippen LogP contribution in [0.15, 0.2) is 115 Å². The van der Waals surface area contributed by atoms with Crippen molar-refractivity contribution in [3.05, 3.63) is 143 Å². The second-order valence-electron chi connectivity index (χ2n) is 18.3. The van der Waals surface area contributed by atoms with Gasteiger partial charge in [-0.15, -0.1) is 0 Å². The van der Waals surface area contributed by atoms with Crippen LogP contribution in [-0.4, -0.2) is 0 Å². The van der Waals surface area contributed by atoms with Gasteiger partial charge in [-0.2, -0.15) is 0 Å². The molecule has 0 radical (unpaired) electrons. The van der Waals surface area contributed by atoms with Crippen molar-refractivity contribution in [3.63, 3.8) is 0 Å². The average Bonchev–Trinajstić information content (AvgIpc) is 3.27. The molecule has 1 aliphatic rings. The molecule has 314 valence electrons. The maximum atomic E-state index is 3.74. The van der Waals surface area contributed by atoms with Crippen LogP contribution >= 0.6 is 0 Å². The largest absolute Gasteiger partial charge is 0.356 e. The molecule has 0 saturated heterocycles. The Bertz CT molecular complexity index is 2270. The smallest absolute Gasteiger partial charge is 0.0390 e. The minimum absolute atomic E-state index is 0.212. The van der Waals surface area contributed by atoms with Crippen LogP contribution in [-0.2, 0) is 31.1 Å². The first-order valence-corrected chi connectivity index (χ1v) is 24.2. The molecular weight excluding hydrogens is 723 g/mol. The van der Waals surface area contributed by atoms with Gasteiger partial charge in [0.25, 0.3) is 0 Å². The van der Waals surface area contributed by atoms with Crippen molar-refractivity contribution in [2.45, 2.75) is 162 Å². The normalized spacial score (nSPS) is 12.4. The molecule has 0 atom stereocenters. The van der Waals surface area contributed by atoms with Crippen molar-refractivity contribution in [1.82, 2.24) is 0 Å². The Morgan fingerprint density at radius 2 is 1.08 bits per heavy atom. The minimum atomic E-state index is 0.212. The Morgan fingerprint density at radius 1 is 0.467 bits per heavy atom. The van der Waals surface area contributed by atoms with Crippen LogP contribution in [0.2, 0.25) is 0 Å². The lowest BCUT2D eigenvalue weighted by Gasteiger charge is -2.27. The molecule has 0 heterocycles. The summed E-state index contributed by atoms with van der Waals surface area (Å²) in [5.74, 6) is 0. The number of anilines is 2. The summed E-state index contributed by atoms with van der Waals surface area (Å²) in [7, 11) is 0. The average molecular weight is 796 g/mol. The fraction of sp³-hybridized carbons (Fsp3) is 0.424. The molecule has 0 fully saturated rings. The second kappa shape index (κ2) is 21.3. The van der Waals surface area contributed by atoms with Crippen LogP contribution in [0.4, 0.5) is 11.4 Å². The Labute approximate surface area is 364 Å². The highest BCUT2D eigenvalue weighted by Crippen LogP contribution is 2.42. The molecule has 0 unspecified atom stereocenters. The van der Waals surface area contributed by atoms with E-state index in [1.165, 1.54) is 168 Å². The fourth-order valence-electron chi connectivity index (χ4n) is 9.59. The molecule has 0 aliphatic heterocycles. The summed E-state index contributed by atoms with van der Waals surface area (Å²) in [6.45, 7) is 11.7. The van der Waals surface area contributed by atoms with E-state index in [2.05, 4.69) is 155 Å². The van der Waals surface area contributed by atoms with Crippen molar-refractivity contribution in [2.24, 2.45) is 0 Å². The standard InChI is InChI=1S/C59H73N/c1-6-10-12-14-16-17-19-22-44-26-39-55-57(40-44)56(46-31-35-52(36-32-46)59(5,8-3)9-4)43-51(23-20-18-15-13-11-7-2)58(55)47-33-37-53(38-34-47)60-54-25-21-24-48(42-54)50-30-28-45-27-29-49(45)41-50/h21,24-26,28,30-43,60H,6-20,22-23,27,29H2,1-5H3. The van der Waals surface area contributed by atoms with Gasteiger partial charge in [0.05, 0.1) is 0 Å². The second-order valence-corrected chi connectivity index (χ2v) is 18.3. The third-order valence-electron chi connectivity index (χ3n) is 14.1. The summed E-state index contributed by atoms with van der Waals surface area (Å²) >= 11 is 0. The maximum Gasteiger partial charge on any atom is 0.0390 e. The van der Waals surface area contributed by atoms with Crippen molar-refractivity contribution in [1.29, 1.82) is 0 Å². The summed E-state index contributed by atoms with van der Waals surface area (Å²) in [6.07, 6.45) is 24.2. The molecule has 0 bridgehead atoms. The van der Waals surface area contributed by atoms with Crippen LogP contribution in [0.1, 0.15) is 159 Å². The summed E-state index contributed by atoms with van der Waals surface area (Å²) < 4.78 is 0. The van der Waals surface area contributed by atoms with Crippen LogP contribution in [0.3, 0.4) is 0 Å². The molecule has 1 aliphatic carbocycles. The molecule has 0 spiro atoms. The van der Waals surface area contributed by atoms with Gasteiger partial charge in [0.15, 0.2) is 0 Å². The lowest BCUT2D eigenvalue weighted by atomic mass is 9.77. The van der Waals surface area contributed by atoms with Crippen LogP contribution in [0, 0.1) is 0 Å². The quantitative estimate of drug-likeness (QED) is 0.0637. The molecule has 6 aromatic rings. The lowest BCUT2D eigenvalue weighted by Crippen LogP contribution is -2.19. The molecular formula is C59H73N. The number of aryl methyl sites for hydroxylation is 4. The predicted molar refractivity (Wildman–Crippen MR) is 264 cm³/mol. The van der Waals surface area contributed by atoms with E-state index >= 15 is 0 Å². The Hall–Kier alpha value is -4.62. The van der Waals surface area contributed by atoms with Gasteiger partial charge in [-0.05, 0) is 159 Å². The predicted octanol–water partition coefficient (Wildman–Crippen LogP) is 18.0. The minimum Gasteiger partial charge on any atom is -0.356 e. The van der Waals surface area contributed by atoms with Crippen molar-refractivity contribution >= 4 is 22.1 Å². The van der Waals surface area contributed by atoms with Gasteiger partial charge >= 0.3 is 0 Å². The zero-order chi connectivity index (χ0) is 41.7. The molecule has 1 heteroatoms. The van der Waals surface area contributed by atoms with Gasteiger partial charge in [0, 0.05) is 11.4 Å². The Morgan fingerprint density at radius 3 is 1.73 bits per heavy atom. The molecule has 0 saturated carbocycles. The molecule has 1 nitrogen and oxygen atoms in total. The van der Waals surface area contributed by atoms with Crippen molar-refractivity contribution in [3.8, 4) is 33.4 Å². The van der Waals surface area contributed by atoms with Gasteiger partial charge < -0.3 is 5.32 Å². The van der Waals surface area contributed by atoms with Gasteiger partial charge in [-0.25, -0.2) is 0 Å². The number of unbranched alkanes of at least 4 members (excludes halogenated alkanes) is 11. The summed E-state index contributed by atoms with van der Waals surface area (Å²) in [4.78, 5) is 0. The van der Waals surface area contributed by atoms with E-state index in [0.717, 1.165) is 37.1 Å². The highest BCUT2D eigenvalue weighted by molar-refractivity contribution is 6.06. The summed E-state index contributed by atoms with van der Waals surface area (Å²) in [5.41, 5.74) is 17.9. The zero-order valence-electron chi connectivity index (χ0n) is 37.9. The van der Waals surface area contributed by atoms with Crippen LogP contribution < -0.4 is 5.32 Å². The third-order valence-corrected chi connectivity index (χ3v) is 14.1. The van der Waals surface area contributed by atoms with E-state index in [1.54, 1.807) is 0 Å². The van der Waals surface area contributed by atoms with Crippen LogP contribution in [0.5, 0.6) is 0 Å². The Balaban J connectivity index is 1.23.